The van der Waals surface area contributed by atoms with Crippen molar-refractivity contribution in [3.05, 3.63) is 95.6 Å². The molecule has 1 amide bonds. The van der Waals surface area contributed by atoms with Gasteiger partial charge >= 0.3 is 5.97 Å². The average molecular weight is 479 g/mol. The predicted octanol–water partition coefficient (Wildman–Crippen LogP) is 3.86. The summed E-state index contributed by atoms with van der Waals surface area (Å²) in [5.41, 5.74) is 2.59. The van der Waals surface area contributed by atoms with Gasteiger partial charge in [0.25, 0.3) is 5.91 Å². The third-order valence-corrected chi connectivity index (χ3v) is 7.52. The SMILES string of the molecule is O=C(COC(=O)c1ccccc1Cc1ccccc1)Nc1cccc(S(=O)(=O)N2CCCC2)c1. The maximum atomic E-state index is 12.8. The summed E-state index contributed by atoms with van der Waals surface area (Å²) in [6.07, 6.45) is 2.25. The number of sulfonamides is 1. The van der Waals surface area contributed by atoms with E-state index < -0.39 is 28.5 Å². The molecule has 3 aromatic carbocycles. The quantitative estimate of drug-likeness (QED) is 0.497. The van der Waals surface area contributed by atoms with Gasteiger partial charge in [-0.25, -0.2) is 13.2 Å². The van der Waals surface area contributed by atoms with Gasteiger partial charge < -0.3 is 10.1 Å². The molecule has 0 unspecified atom stereocenters. The van der Waals surface area contributed by atoms with Gasteiger partial charge in [0, 0.05) is 18.8 Å². The highest BCUT2D eigenvalue weighted by molar-refractivity contribution is 7.89. The van der Waals surface area contributed by atoms with Crippen molar-refractivity contribution in [3.8, 4) is 0 Å². The Morgan fingerprint density at radius 2 is 1.59 bits per heavy atom. The lowest BCUT2D eigenvalue weighted by Crippen LogP contribution is -2.28. The van der Waals surface area contributed by atoms with Gasteiger partial charge in [-0.15, -0.1) is 0 Å². The number of benzene rings is 3. The third kappa shape index (κ3) is 5.70. The topological polar surface area (TPSA) is 92.8 Å². The largest absolute Gasteiger partial charge is 0.452 e. The average Bonchev–Trinajstić information content (AvgIpc) is 3.40. The van der Waals surface area contributed by atoms with Crippen molar-refractivity contribution in [2.24, 2.45) is 0 Å². The van der Waals surface area contributed by atoms with Crippen molar-refractivity contribution in [1.29, 1.82) is 0 Å². The van der Waals surface area contributed by atoms with Crippen molar-refractivity contribution in [1.82, 2.24) is 4.31 Å². The van der Waals surface area contributed by atoms with E-state index in [0.29, 0.717) is 30.8 Å². The molecule has 1 fully saturated rings. The van der Waals surface area contributed by atoms with Gasteiger partial charge in [-0.05, 0) is 54.7 Å². The molecule has 0 radical (unpaired) electrons. The smallest absolute Gasteiger partial charge is 0.338 e. The normalized spacial score (nSPS) is 14.0. The number of carbonyl (C=O) groups excluding carboxylic acids is 2. The van der Waals surface area contributed by atoms with Gasteiger partial charge in [-0.3, -0.25) is 4.79 Å². The van der Waals surface area contributed by atoms with Crippen LogP contribution in [0.15, 0.2) is 83.8 Å². The molecule has 0 spiro atoms. The lowest BCUT2D eigenvalue weighted by atomic mass is 10.00. The van der Waals surface area contributed by atoms with Crippen LogP contribution in [0.5, 0.6) is 0 Å². The van der Waals surface area contributed by atoms with Gasteiger partial charge in [0.15, 0.2) is 6.61 Å². The molecule has 8 heteroatoms. The minimum atomic E-state index is -3.59. The van der Waals surface area contributed by atoms with Gasteiger partial charge in [0.2, 0.25) is 10.0 Å². The fourth-order valence-corrected chi connectivity index (χ4v) is 5.47. The lowest BCUT2D eigenvalue weighted by Gasteiger charge is -2.16. The summed E-state index contributed by atoms with van der Waals surface area (Å²) in [6, 6.07) is 23.0. The summed E-state index contributed by atoms with van der Waals surface area (Å²) in [7, 11) is -3.59. The molecular weight excluding hydrogens is 452 g/mol. The standard InChI is InChI=1S/C26H26N2O5S/c29-25(27-22-12-8-13-23(18-22)34(31,32)28-15-6-7-16-28)19-33-26(30)24-14-5-4-11-21(24)17-20-9-2-1-3-10-20/h1-5,8-14,18H,6-7,15-17,19H2,(H,27,29). The summed E-state index contributed by atoms with van der Waals surface area (Å²) in [4.78, 5) is 25.2. The van der Waals surface area contributed by atoms with E-state index in [1.54, 1.807) is 24.3 Å². The molecule has 34 heavy (non-hydrogen) atoms. The number of amides is 1. The fraction of sp³-hybridized carbons (Fsp3) is 0.231. The molecule has 1 saturated heterocycles. The molecule has 3 aromatic rings. The van der Waals surface area contributed by atoms with Crippen molar-refractivity contribution in [2.75, 3.05) is 25.0 Å². The van der Waals surface area contributed by atoms with Crippen LogP contribution in [-0.4, -0.2) is 44.3 Å². The maximum Gasteiger partial charge on any atom is 0.338 e. The van der Waals surface area contributed by atoms with Gasteiger partial charge in [-0.2, -0.15) is 4.31 Å². The summed E-state index contributed by atoms with van der Waals surface area (Å²) < 4.78 is 32.2. The van der Waals surface area contributed by atoms with Crippen molar-refractivity contribution >= 4 is 27.6 Å². The molecule has 0 bridgehead atoms. The van der Waals surface area contributed by atoms with Crippen molar-refractivity contribution in [3.63, 3.8) is 0 Å². The molecular formula is C26H26N2O5S. The van der Waals surface area contributed by atoms with Gasteiger partial charge in [0.05, 0.1) is 10.5 Å². The Hall–Kier alpha value is -3.49. The summed E-state index contributed by atoms with van der Waals surface area (Å²) in [6.45, 7) is 0.517. The van der Waals surface area contributed by atoms with E-state index in [4.69, 9.17) is 4.74 Å². The molecule has 0 atom stereocenters. The van der Waals surface area contributed by atoms with Crippen LogP contribution in [0.1, 0.15) is 34.3 Å². The highest BCUT2D eigenvalue weighted by Gasteiger charge is 2.27. The van der Waals surface area contributed by atoms with Crippen LogP contribution < -0.4 is 5.32 Å². The first kappa shape index (κ1) is 23.7. The number of rotatable bonds is 8. The van der Waals surface area contributed by atoms with E-state index in [-0.39, 0.29) is 4.90 Å². The summed E-state index contributed by atoms with van der Waals surface area (Å²) >= 11 is 0. The van der Waals surface area contributed by atoms with E-state index in [1.165, 1.54) is 16.4 Å². The second-order valence-electron chi connectivity index (χ2n) is 8.08. The molecule has 0 aromatic heterocycles. The molecule has 7 nitrogen and oxygen atoms in total. The number of hydrogen-bond acceptors (Lipinski definition) is 5. The number of carbonyl (C=O) groups is 2. The first-order valence-electron chi connectivity index (χ1n) is 11.1. The second-order valence-corrected chi connectivity index (χ2v) is 10.0. The first-order valence-corrected chi connectivity index (χ1v) is 12.6. The maximum absolute atomic E-state index is 12.8. The zero-order valence-electron chi connectivity index (χ0n) is 18.6. The third-order valence-electron chi connectivity index (χ3n) is 5.63. The van der Waals surface area contributed by atoms with Crippen LogP contribution in [0.4, 0.5) is 5.69 Å². The fourth-order valence-electron chi connectivity index (χ4n) is 3.91. The number of ether oxygens (including phenoxy) is 1. The van der Waals surface area contributed by atoms with Crippen LogP contribution >= 0.6 is 0 Å². The molecule has 1 aliphatic heterocycles. The number of hydrogen-bond donors (Lipinski definition) is 1. The molecule has 0 saturated carbocycles. The first-order chi connectivity index (χ1) is 16.4. The summed E-state index contributed by atoms with van der Waals surface area (Å²) in [5, 5.41) is 2.61. The van der Waals surface area contributed by atoms with Crippen LogP contribution in [0.25, 0.3) is 0 Å². The molecule has 1 aliphatic rings. The number of nitrogens with zero attached hydrogens (tertiary/aromatic N) is 1. The highest BCUT2D eigenvalue weighted by Crippen LogP contribution is 2.23. The van der Waals surface area contributed by atoms with E-state index in [2.05, 4.69) is 5.32 Å². The molecule has 176 valence electrons. The Kier molecular flexibility index (Phi) is 7.40. The zero-order chi connectivity index (χ0) is 24.0. The molecule has 4 rings (SSSR count). The van der Waals surface area contributed by atoms with E-state index in [1.807, 2.05) is 42.5 Å². The Morgan fingerprint density at radius 1 is 0.882 bits per heavy atom. The van der Waals surface area contributed by atoms with Crippen molar-refractivity contribution < 1.29 is 22.7 Å². The van der Waals surface area contributed by atoms with Crippen LogP contribution in [-0.2, 0) is 26.0 Å². The molecule has 0 aliphatic carbocycles. The Bertz CT molecular complexity index is 1270. The minimum Gasteiger partial charge on any atom is -0.452 e. The Morgan fingerprint density at radius 3 is 2.35 bits per heavy atom. The molecule has 1 heterocycles. The molecule has 1 N–H and O–H groups in total. The predicted molar refractivity (Wildman–Crippen MR) is 129 cm³/mol. The van der Waals surface area contributed by atoms with Crippen LogP contribution in [0.2, 0.25) is 0 Å². The number of esters is 1. The highest BCUT2D eigenvalue weighted by atomic mass is 32.2. The van der Waals surface area contributed by atoms with E-state index in [0.717, 1.165) is 24.0 Å². The van der Waals surface area contributed by atoms with Gasteiger partial charge in [0.1, 0.15) is 0 Å². The monoisotopic (exact) mass is 478 g/mol. The Labute approximate surface area is 199 Å². The minimum absolute atomic E-state index is 0.124. The van der Waals surface area contributed by atoms with E-state index in [9.17, 15) is 18.0 Å². The number of nitrogens with one attached hydrogen (secondary N) is 1. The lowest BCUT2D eigenvalue weighted by molar-refractivity contribution is -0.119. The zero-order valence-corrected chi connectivity index (χ0v) is 19.5. The number of anilines is 1. The van der Waals surface area contributed by atoms with Crippen molar-refractivity contribution in [2.45, 2.75) is 24.2 Å². The van der Waals surface area contributed by atoms with Gasteiger partial charge in [-0.1, -0.05) is 54.6 Å². The van der Waals surface area contributed by atoms with Crippen LogP contribution in [0, 0.1) is 0 Å². The van der Waals surface area contributed by atoms with E-state index >= 15 is 0 Å². The summed E-state index contributed by atoms with van der Waals surface area (Å²) in [5.74, 6) is -1.14. The second kappa shape index (κ2) is 10.6. The Balaban J connectivity index is 1.37. The van der Waals surface area contributed by atoms with Crippen LogP contribution in [0.3, 0.4) is 0 Å².